The maximum Gasteiger partial charge on any atom is 0.263 e. The summed E-state index contributed by atoms with van der Waals surface area (Å²) in [5, 5.41) is 25.8. The quantitative estimate of drug-likeness (QED) is 0.362. The summed E-state index contributed by atoms with van der Waals surface area (Å²) in [6.45, 7) is 2.80. The molecule has 2 heterocycles. The lowest BCUT2D eigenvalue weighted by molar-refractivity contribution is -0.119. The van der Waals surface area contributed by atoms with E-state index in [1.54, 1.807) is 25.2 Å². The number of rotatable bonds is 6. The van der Waals surface area contributed by atoms with E-state index < -0.39 is 34.4 Å². The lowest BCUT2D eigenvalue weighted by Gasteiger charge is -2.56. The minimum atomic E-state index is -1.18. The van der Waals surface area contributed by atoms with Crippen LogP contribution in [-0.2, 0) is 36.5 Å². The van der Waals surface area contributed by atoms with E-state index in [0.717, 1.165) is 40.9 Å². The van der Waals surface area contributed by atoms with Crippen molar-refractivity contribution in [1.29, 1.82) is 0 Å². The normalized spacial score (nSPS) is 27.2. The molecule has 2 aromatic carbocycles. The van der Waals surface area contributed by atoms with Gasteiger partial charge in [0.1, 0.15) is 17.4 Å². The first kappa shape index (κ1) is 27.2. The van der Waals surface area contributed by atoms with Crippen molar-refractivity contribution in [2.24, 2.45) is 18.7 Å². The summed E-state index contributed by atoms with van der Waals surface area (Å²) < 4.78 is 1.51. The van der Waals surface area contributed by atoms with E-state index in [1.807, 2.05) is 50.4 Å². The molecular weight excluding hydrogens is 520 g/mol. The van der Waals surface area contributed by atoms with E-state index in [2.05, 4.69) is 10.2 Å². The summed E-state index contributed by atoms with van der Waals surface area (Å²) in [5.74, 6) is -1.10. The number of primary amides is 1. The molecule has 3 aliphatic rings. The topological polar surface area (TPSA) is 138 Å². The SMILES string of the molecule is Cc1ccc(O)cc1C12Cc3c(cc(C(=O)NC(Cc4ccccc4)C(N)=O)c(=O)n3C)CC1(O)[C@H]1CC2CN1C. The molecule has 2 fully saturated rings. The first-order chi connectivity index (χ1) is 19.5. The average Bonchev–Trinajstić information content (AvgIpc) is 3.45. The molecule has 1 aromatic heterocycles. The van der Waals surface area contributed by atoms with Crippen molar-refractivity contribution >= 4 is 11.8 Å². The van der Waals surface area contributed by atoms with E-state index >= 15 is 0 Å². The van der Waals surface area contributed by atoms with Gasteiger partial charge in [-0.15, -0.1) is 0 Å². The Hall–Kier alpha value is -3.95. The van der Waals surface area contributed by atoms with Gasteiger partial charge in [-0.3, -0.25) is 14.4 Å². The molecule has 0 spiro atoms. The molecule has 6 rings (SSSR count). The van der Waals surface area contributed by atoms with Crippen LogP contribution in [0.3, 0.4) is 0 Å². The summed E-state index contributed by atoms with van der Waals surface area (Å²) in [5.41, 5.74) is 7.40. The monoisotopic (exact) mass is 556 g/mol. The maximum atomic E-state index is 13.6. The van der Waals surface area contributed by atoms with Gasteiger partial charge in [-0.25, -0.2) is 0 Å². The highest BCUT2D eigenvalue weighted by Gasteiger charge is 2.71. The molecule has 2 bridgehead atoms. The second kappa shape index (κ2) is 9.56. The van der Waals surface area contributed by atoms with Crippen LogP contribution in [0.15, 0.2) is 59.4 Å². The van der Waals surface area contributed by atoms with Gasteiger partial charge in [-0.1, -0.05) is 36.4 Å². The molecule has 9 heteroatoms. The van der Waals surface area contributed by atoms with Gasteiger partial charge < -0.3 is 30.7 Å². The number of hydrogen-bond donors (Lipinski definition) is 4. The lowest BCUT2D eigenvalue weighted by Crippen LogP contribution is -2.67. The van der Waals surface area contributed by atoms with Crippen LogP contribution >= 0.6 is 0 Å². The van der Waals surface area contributed by atoms with Crippen molar-refractivity contribution in [1.82, 2.24) is 14.8 Å². The van der Waals surface area contributed by atoms with Gasteiger partial charge in [0.2, 0.25) is 5.91 Å². The average molecular weight is 557 g/mol. The molecule has 5 atom stereocenters. The first-order valence-electron chi connectivity index (χ1n) is 14.0. The fourth-order valence-electron chi connectivity index (χ4n) is 8.03. The van der Waals surface area contributed by atoms with Crippen LogP contribution in [0.5, 0.6) is 5.75 Å². The van der Waals surface area contributed by atoms with Crippen LogP contribution in [0.4, 0.5) is 0 Å². The Bertz CT molecular complexity index is 1620. The number of benzene rings is 2. The summed E-state index contributed by atoms with van der Waals surface area (Å²) >= 11 is 0. The number of phenolic OH excluding ortho intramolecular Hbond substituents is 1. The number of aromatic hydroxyl groups is 1. The molecule has 41 heavy (non-hydrogen) atoms. The minimum Gasteiger partial charge on any atom is -0.508 e. The van der Waals surface area contributed by atoms with Crippen molar-refractivity contribution in [3.63, 3.8) is 0 Å². The number of phenols is 1. The second-order valence-electron chi connectivity index (χ2n) is 12.1. The van der Waals surface area contributed by atoms with Gasteiger partial charge >= 0.3 is 0 Å². The van der Waals surface area contributed by atoms with Crippen LogP contribution in [0, 0.1) is 12.8 Å². The van der Waals surface area contributed by atoms with E-state index in [-0.39, 0.29) is 36.1 Å². The number of carbonyl (C=O) groups is 2. The van der Waals surface area contributed by atoms with Crippen LogP contribution in [-0.4, -0.2) is 62.8 Å². The molecule has 2 amide bonds. The third-order valence-electron chi connectivity index (χ3n) is 9.98. The fraction of sp³-hybridized carbons (Fsp3) is 0.406. The molecule has 1 saturated carbocycles. The van der Waals surface area contributed by atoms with E-state index in [0.29, 0.717) is 6.42 Å². The summed E-state index contributed by atoms with van der Waals surface area (Å²) in [6.07, 6.45) is 1.66. The number of likely N-dealkylation sites (tertiary alicyclic amines) is 1. The van der Waals surface area contributed by atoms with Gasteiger partial charge in [0.25, 0.3) is 11.5 Å². The molecule has 2 aliphatic carbocycles. The number of likely N-dealkylation sites (N-methyl/N-ethyl adjacent to an activating group) is 1. The Labute approximate surface area is 238 Å². The van der Waals surface area contributed by atoms with Crippen LogP contribution < -0.4 is 16.6 Å². The molecule has 4 unspecified atom stereocenters. The zero-order chi connectivity index (χ0) is 29.3. The number of aryl methyl sites for hydroxylation is 1. The van der Waals surface area contributed by atoms with Crippen molar-refractivity contribution in [2.45, 2.75) is 55.7 Å². The number of pyridine rings is 1. The zero-order valence-electron chi connectivity index (χ0n) is 23.6. The van der Waals surface area contributed by atoms with Gasteiger partial charge in [0.05, 0.1) is 5.60 Å². The maximum absolute atomic E-state index is 13.6. The first-order valence-corrected chi connectivity index (χ1v) is 14.0. The Morgan fingerprint density at radius 3 is 2.56 bits per heavy atom. The third kappa shape index (κ3) is 4.01. The highest BCUT2D eigenvalue weighted by atomic mass is 16.3. The van der Waals surface area contributed by atoms with Crippen molar-refractivity contribution < 1.29 is 19.8 Å². The fourth-order valence-corrected chi connectivity index (χ4v) is 8.03. The number of nitrogens with two attached hydrogens (primary N) is 1. The van der Waals surface area contributed by atoms with Crippen molar-refractivity contribution in [3.8, 4) is 5.75 Å². The molecule has 1 aliphatic heterocycles. The van der Waals surface area contributed by atoms with Gasteiger partial charge in [-0.05, 0) is 66.8 Å². The molecule has 214 valence electrons. The standard InChI is InChI=1S/C32H36N4O5/c1-18-9-10-22(37)14-24(18)31-16-26-20(15-32(31,41)27-13-21(31)17-35(27)2)12-23(30(40)36(26)3)29(39)34-25(28(33)38)11-19-7-5-4-6-8-19/h4-10,12,14,21,25,27,37,41H,11,13,15-17H2,1-3H3,(H2,33,38)(H,34,39)/t21?,25?,27-,31?,32?/m1/s1. The Morgan fingerprint density at radius 2 is 1.85 bits per heavy atom. The number of hydrogen-bond acceptors (Lipinski definition) is 6. The summed E-state index contributed by atoms with van der Waals surface area (Å²) in [7, 11) is 3.67. The molecule has 1 saturated heterocycles. The Balaban J connectivity index is 1.41. The Kier molecular flexibility index (Phi) is 6.35. The zero-order valence-corrected chi connectivity index (χ0v) is 23.6. The molecule has 3 aromatic rings. The van der Waals surface area contributed by atoms with Gasteiger partial charge in [0, 0.05) is 50.0 Å². The molecule has 0 radical (unpaired) electrons. The predicted octanol–water partition coefficient (Wildman–Crippen LogP) is 1.33. The predicted molar refractivity (Wildman–Crippen MR) is 154 cm³/mol. The van der Waals surface area contributed by atoms with Crippen molar-refractivity contribution in [3.05, 3.63) is 98.5 Å². The van der Waals surface area contributed by atoms with E-state index in [1.165, 1.54) is 4.57 Å². The third-order valence-corrected chi connectivity index (χ3v) is 9.98. The van der Waals surface area contributed by atoms with Crippen LogP contribution in [0.1, 0.15) is 44.7 Å². The lowest BCUT2D eigenvalue weighted by atomic mass is 9.55. The molecule has 9 nitrogen and oxygen atoms in total. The number of carbonyl (C=O) groups excluding carboxylic acids is 2. The number of amides is 2. The molecular formula is C32H36N4O5. The van der Waals surface area contributed by atoms with Gasteiger partial charge in [-0.2, -0.15) is 0 Å². The largest absolute Gasteiger partial charge is 0.508 e. The number of piperidine rings is 1. The molecule has 5 N–H and O–H groups in total. The van der Waals surface area contributed by atoms with Crippen LogP contribution in [0.2, 0.25) is 0 Å². The van der Waals surface area contributed by atoms with Crippen LogP contribution in [0.25, 0.3) is 0 Å². The summed E-state index contributed by atoms with van der Waals surface area (Å²) in [6, 6.07) is 15.0. The number of nitrogens with one attached hydrogen (secondary N) is 1. The number of fused-ring (bicyclic) bond motifs is 6. The minimum absolute atomic E-state index is 0.0910. The number of aromatic nitrogens is 1. The highest BCUT2D eigenvalue weighted by molar-refractivity contribution is 5.97. The summed E-state index contributed by atoms with van der Waals surface area (Å²) in [4.78, 5) is 41.5. The highest BCUT2D eigenvalue weighted by Crippen LogP contribution is 2.62. The van der Waals surface area contributed by atoms with Crippen molar-refractivity contribution in [2.75, 3.05) is 13.6 Å². The van der Waals surface area contributed by atoms with Gasteiger partial charge in [0.15, 0.2) is 0 Å². The number of nitrogens with zero attached hydrogens (tertiary/aromatic N) is 2. The second-order valence-corrected chi connectivity index (χ2v) is 12.1. The number of aliphatic hydroxyl groups is 1. The smallest absolute Gasteiger partial charge is 0.263 e. The Morgan fingerprint density at radius 1 is 1.12 bits per heavy atom. The van der Waals surface area contributed by atoms with E-state index in [4.69, 9.17) is 5.73 Å². The van der Waals surface area contributed by atoms with E-state index in [9.17, 15) is 24.6 Å².